The molecule has 0 spiro atoms. The zero-order chi connectivity index (χ0) is 28.6. The molecule has 2 aromatic carbocycles. The van der Waals surface area contributed by atoms with Gasteiger partial charge in [-0.05, 0) is 129 Å². The van der Waals surface area contributed by atoms with Crippen molar-refractivity contribution in [3.63, 3.8) is 0 Å². The molecule has 0 amide bonds. The second-order valence-corrected chi connectivity index (χ2v) is 12.2. The fraction of sp³-hybridized carbons (Fsp3) is 0.200. The summed E-state index contributed by atoms with van der Waals surface area (Å²) in [7, 11) is 0. The Morgan fingerprint density at radius 1 is 0.674 bits per heavy atom. The van der Waals surface area contributed by atoms with E-state index in [-0.39, 0.29) is 0 Å². The lowest BCUT2D eigenvalue weighted by atomic mass is 9.86. The summed E-state index contributed by atoms with van der Waals surface area (Å²) in [5, 5.41) is 3.39. The van der Waals surface area contributed by atoms with Crippen molar-refractivity contribution < 1.29 is 0 Å². The van der Waals surface area contributed by atoms with Gasteiger partial charge in [0.25, 0.3) is 0 Å². The van der Waals surface area contributed by atoms with Gasteiger partial charge in [-0.1, -0.05) is 72.9 Å². The van der Waals surface area contributed by atoms with E-state index in [4.69, 9.17) is 0 Å². The summed E-state index contributed by atoms with van der Waals surface area (Å²) >= 11 is 0. The molecule has 3 heterocycles. The van der Waals surface area contributed by atoms with Crippen molar-refractivity contribution in [1.82, 2.24) is 15.3 Å². The Kier molecular flexibility index (Phi) is 6.72. The highest BCUT2D eigenvalue weighted by Gasteiger charge is 2.49. The van der Waals surface area contributed by atoms with Crippen LogP contribution < -0.4 is 5.32 Å². The number of allylic oxidation sites excluding steroid dienone is 9. The smallest absolute Gasteiger partial charge is 0.0343 e. The molecule has 4 atom stereocenters. The highest BCUT2D eigenvalue weighted by atomic mass is 14.8. The van der Waals surface area contributed by atoms with E-state index >= 15 is 0 Å². The van der Waals surface area contributed by atoms with E-state index in [0.29, 0.717) is 23.7 Å². The third kappa shape index (κ3) is 5.21. The van der Waals surface area contributed by atoms with Crippen LogP contribution in [0.5, 0.6) is 0 Å². The normalized spacial score (nSPS) is 23.9. The van der Waals surface area contributed by atoms with Crippen LogP contribution >= 0.6 is 0 Å². The van der Waals surface area contributed by atoms with E-state index in [1.54, 1.807) is 0 Å². The minimum atomic E-state index is 0.533. The Bertz CT molecular complexity index is 1790. The maximum Gasteiger partial charge on any atom is 0.0343 e. The van der Waals surface area contributed by atoms with Gasteiger partial charge < -0.3 is 5.32 Å². The molecule has 3 nitrogen and oxygen atoms in total. The molecule has 8 rings (SSSR count). The molecular weight excluding hydrogens is 522 g/mol. The lowest BCUT2D eigenvalue weighted by Gasteiger charge is -2.20. The van der Waals surface area contributed by atoms with E-state index in [2.05, 4.69) is 119 Å². The Labute approximate surface area is 254 Å². The molecule has 1 saturated carbocycles. The first-order valence-electron chi connectivity index (χ1n) is 15.5. The van der Waals surface area contributed by atoms with Gasteiger partial charge >= 0.3 is 0 Å². The van der Waals surface area contributed by atoms with Crippen molar-refractivity contribution >= 4 is 16.7 Å². The summed E-state index contributed by atoms with van der Waals surface area (Å²) in [6, 6.07) is 24.9. The first-order chi connectivity index (χ1) is 21.3. The number of hydrogen-bond donors (Lipinski definition) is 1. The largest absolute Gasteiger partial charge is 0.391 e. The summed E-state index contributed by atoms with van der Waals surface area (Å²) in [6.07, 6.45) is 27.1. The molecule has 0 bridgehead atoms. The molecule has 1 N–H and O–H groups in total. The van der Waals surface area contributed by atoms with Gasteiger partial charge in [-0.25, -0.2) is 0 Å². The average Bonchev–Trinajstić information content (AvgIpc) is 3.83. The van der Waals surface area contributed by atoms with Crippen LogP contribution in [0, 0.1) is 11.8 Å². The topological polar surface area (TPSA) is 37.8 Å². The maximum atomic E-state index is 4.38. The van der Waals surface area contributed by atoms with Gasteiger partial charge in [-0.2, -0.15) is 0 Å². The number of nitrogens with zero attached hydrogens (tertiary/aromatic N) is 2. The van der Waals surface area contributed by atoms with Crippen LogP contribution in [0.3, 0.4) is 0 Å². The quantitative estimate of drug-likeness (QED) is 0.257. The number of nitrogens with one attached hydrogen (secondary N) is 1. The Morgan fingerprint density at radius 2 is 1.44 bits per heavy atom. The number of aromatic nitrogens is 2. The fourth-order valence-corrected chi connectivity index (χ4v) is 7.14. The van der Waals surface area contributed by atoms with Crippen LogP contribution in [0.15, 0.2) is 134 Å². The van der Waals surface area contributed by atoms with Gasteiger partial charge in [-0.3, -0.25) is 9.97 Å². The molecule has 1 fully saturated rings. The van der Waals surface area contributed by atoms with E-state index in [0.717, 1.165) is 25.8 Å². The summed E-state index contributed by atoms with van der Waals surface area (Å²) in [5.41, 5.74) is 13.2. The second-order valence-electron chi connectivity index (χ2n) is 12.2. The predicted molar refractivity (Wildman–Crippen MR) is 177 cm³/mol. The molecule has 0 saturated heterocycles. The van der Waals surface area contributed by atoms with Gasteiger partial charge in [0.2, 0.25) is 0 Å². The van der Waals surface area contributed by atoms with Gasteiger partial charge in [0.05, 0.1) is 0 Å². The minimum absolute atomic E-state index is 0.533. The average molecular weight is 558 g/mol. The molecule has 210 valence electrons. The fourth-order valence-electron chi connectivity index (χ4n) is 7.14. The molecule has 4 aliphatic rings. The van der Waals surface area contributed by atoms with Crippen LogP contribution in [0.2, 0.25) is 0 Å². The number of rotatable bonds is 6. The Balaban J connectivity index is 1.15. The van der Waals surface area contributed by atoms with Gasteiger partial charge in [0.1, 0.15) is 0 Å². The third-order valence-corrected chi connectivity index (χ3v) is 9.63. The highest BCUT2D eigenvalue weighted by molar-refractivity contribution is 5.85. The van der Waals surface area contributed by atoms with E-state index < -0.39 is 0 Å². The molecule has 0 radical (unpaired) electrons. The molecule has 4 aromatic rings. The molecule has 4 unspecified atom stereocenters. The number of fused-ring (bicyclic) bond motifs is 1. The predicted octanol–water partition coefficient (Wildman–Crippen LogP) is 8.98. The van der Waals surface area contributed by atoms with Crippen molar-refractivity contribution in [3.8, 4) is 11.1 Å². The van der Waals surface area contributed by atoms with Crippen molar-refractivity contribution in [2.45, 2.75) is 31.1 Å². The number of benzene rings is 2. The van der Waals surface area contributed by atoms with Gasteiger partial charge in [0, 0.05) is 37.3 Å². The molecule has 43 heavy (non-hydrogen) atoms. The summed E-state index contributed by atoms with van der Waals surface area (Å²) in [5.74, 6) is 2.21. The molecule has 3 aliphatic carbocycles. The second kappa shape index (κ2) is 11.1. The zero-order valence-corrected chi connectivity index (χ0v) is 24.2. The standard InChI is InChI=1S/C40H35N3/c1-4-32(24-41-17-1)27-7-11-29(12-8-27)35-20-36(30-13-9-28(10-14-30)33-5-2-18-42-25-33)22-37(21-35)31-15-16-38-39(23-31)40(38)34-6-3-19-43-26-34/h1-4,6-7,9-11,13-24,26,33,38-40,42H,5,8,12,25H2. The maximum absolute atomic E-state index is 4.38. The summed E-state index contributed by atoms with van der Waals surface area (Å²) in [4.78, 5) is 8.72. The van der Waals surface area contributed by atoms with Crippen molar-refractivity contribution in [1.29, 1.82) is 0 Å². The van der Waals surface area contributed by atoms with Crippen LogP contribution in [0.1, 0.15) is 58.9 Å². The minimum Gasteiger partial charge on any atom is -0.391 e. The third-order valence-electron chi connectivity index (χ3n) is 9.63. The van der Waals surface area contributed by atoms with E-state index in [1.165, 1.54) is 55.7 Å². The summed E-state index contributed by atoms with van der Waals surface area (Å²) < 4.78 is 0. The van der Waals surface area contributed by atoms with Gasteiger partial charge in [0.15, 0.2) is 0 Å². The van der Waals surface area contributed by atoms with E-state index in [1.807, 2.05) is 30.9 Å². The zero-order valence-electron chi connectivity index (χ0n) is 24.2. The Morgan fingerprint density at radius 3 is 2.16 bits per heavy atom. The van der Waals surface area contributed by atoms with Crippen molar-refractivity contribution in [3.05, 3.63) is 162 Å². The first kappa shape index (κ1) is 25.9. The summed E-state index contributed by atoms with van der Waals surface area (Å²) in [6.45, 7) is 1.00. The number of pyridine rings is 2. The van der Waals surface area contributed by atoms with Crippen molar-refractivity contribution in [2.24, 2.45) is 11.8 Å². The molecular formula is C40H35N3. The van der Waals surface area contributed by atoms with E-state index in [9.17, 15) is 0 Å². The monoisotopic (exact) mass is 557 g/mol. The molecule has 1 aliphatic heterocycles. The lowest BCUT2D eigenvalue weighted by molar-refractivity contribution is 0.626. The lowest BCUT2D eigenvalue weighted by Crippen LogP contribution is -2.19. The van der Waals surface area contributed by atoms with Crippen molar-refractivity contribution in [2.75, 3.05) is 6.54 Å². The highest BCUT2D eigenvalue weighted by Crippen LogP contribution is 2.58. The van der Waals surface area contributed by atoms with Crippen LogP contribution in [0.25, 0.3) is 27.8 Å². The Hall–Kier alpha value is -4.76. The van der Waals surface area contributed by atoms with Crippen LogP contribution in [-0.2, 0) is 0 Å². The van der Waals surface area contributed by atoms with Crippen LogP contribution in [-0.4, -0.2) is 16.5 Å². The molecule has 3 heteroatoms. The van der Waals surface area contributed by atoms with Crippen LogP contribution in [0.4, 0.5) is 0 Å². The SMILES string of the molecule is C1=CNCC(c2ccc(-c3cc(C4=CC5C(C=C4)C5c4cccnc4)cc(C4=CC=C(c5cccnc5)CC4)c3)cc2)C1. The molecule has 2 aromatic heterocycles. The number of hydrogen-bond acceptors (Lipinski definition) is 3. The van der Waals surface area contributed by atoms with Gasteiger partial charge in [-0.15, -0.1) is 0 Å². The first-order valence-corrected chi connectivity index (χ1v) is 15.5.